The highest BCUT2D eigenvalue weighted by Crippen LogP contribution is 2.19. The van der Waals surface area contributed by atoms with Crippen LogP contribution in [0.15, 0.2) is 30.4 Å². The van der Waals surface area contributed by atoms with E-state index in [1.165, 1.54) is 12.1 Å². The van der Waals surface area contributed by atoms with Crippen LogP contribution in [0.3, 0.4) is 0 Å². The molecule has 3 heteroatoms. The average molecular weight is 218 g/mol. The number of nitrogens with zero attached hydrogens (tertiary/aromatic N) is 2. The molecule has 0 fully saturated rings. The SMILES string of the molecule is C=C(C)CN(CC)c1cc(F)cc(C#N)c1. The maximum absolute atomic E-state index is 13.2. The second kappa shape index (κ2) is 5.32. The van der Waals surface area contributed by atoms with Crippen molar-refractivity contribution >= 4 is 5.69 Å². The molecule has 0 N–H and O–H groups in total. The second-order valence-electron chi connectivity index (χ2n) is 3.78. The molecule has 0 aliphatic carbocycles. The van der Waals surface area contributed by atoms with E-state index < -0.39 is 0 Å². The lowest BCUT2D eigenvalue weighted by atomic mass is 10.2. The van der Waals surface area contributed by atoms with E-state index in [1.54, 1.807) is 6.07 Å². The van der Waals surface area contributed by atoms with Crippen LogP contribution in [0.2, 0.25) is 0 Å². The fourth-order valence-corrected chi connectivity index (χ4v) is 1.53. The molecule has 16 heavy (non-hydrogen) atoms. The average Bonchev–Trinajstić information content (AvgIpc) is 2.24. The molecule has 84 valence electrons. The Bertz CT molecular complexity index is 432. The number of nitriles is 1. The highest BCUT2D eigenvalue weighted by Gasteiger charge is 2.07. The van der Waals surface area contributed by atoms with Gasteiger partial charge in [0, 0.05) is 18.8 Å². The van der Waals surface area contributed by atoms with E-state index >= 15 is 0 Å². The van der Waals surface area contributed by atoms with Crippen molar-refractivity contribution in [3.63, 3.8) is 0 Å². The van der Waals surface area contributed by atoms with Crippen molar-refractivity contribution < 1.29 is 4.39 Å². The molecule has 0 heterocycles. The van der Waals surface area contributed by atoms with Gasteiger partial charge in [-0.05, 0) is 32.0 Å². The van der Waals surface area contributed by atoms with Crippen molar-refractivity contribution in [3.8, 4) is 6.07 Å². The third-order valence-corrected chi connectivity index (χ3v) is 2.22. The Morgan fingerprint density at radius 3 is 2.69 bits per heavy atom. The number of rotatable bonds is 4. The molecule has 0 amide bonds. The number of anilines is 1. The van der Waals surface area contributed by atoms with Crippen molar-refractivity contribution in [2.75, 3.05) is 18.0 Å². The summed E-state index contributed by atoms with van der Waals surface area (Å²) in [6.07, 6.45) is 0. The van der Waals surface area contributed by atoms with Gasteiger partial charge in [0.15, 0.2) is 0 Å². The summed E-state index contributed by atoms with van der Waals surface area (Å²) in [5, 5.41) is 8.77. The predicted molar refractivity (Wildman–Crippen MR) is 63.8 cm³/mol. The van der Waals surface area contributed by atoms with Gasteiger partial charge in [0.2, 0.25) is 0 Å². The zero-order chi connectivity index (χ0) is 12.1. The number of likely N-dealkylation sites (N-methyl/N-ethyl adjacent to an activating group) is 1. The summed E-state index contributed by atoms with van der Waals surface area (Å²) in [6, 6.07) is 6.31. The topological polar surface area (TPSA) is 27.0 Å². The van der Waals surface area contributed by atoms with Crippen molar-refractivity contribution in [1.82, 2.24) is 0 Å². The number of hydrogen-bond acceptors (Lipinski definition) is 2. The van der Waals surface area contributed by atoms with Gasteiger partial charge in [-0.25, -0.2) is 4.39 Å². The summed E-state index contributed by atoms with van der Waals surface area (Å²) in [7, 11) is 0. The molecule has 0 saturated heterocycles. The molecule has 0 atom stereocenters. The lowest BCUT2D eigenvalue weighted by molar-refractivity contribution is 0.626. The molecule has 1 aromatic rings. The quantitative estimate of drug-likeness (QED) is 0.726. The van der Waals surface area contributed by atoms with Crippen molar-refractivity contribution in [1.29, 1.82) is 5.26 Å². The molecular weight excluding hydrogens is 203 g/mol. The van der Waals surface area contributed by atoms with Crippen LogP contribution >= 0.6 is 0 Å². The van der Waals surface area contributed by atoms with Gasteiger partial charge in [0.05, 0.1) is 11.6 Å². The fourth-order valence-electron chi connectivity index (χ4n) is 1.53. The molecule has 0 aromatic heterocycles. The summed E-state index contributed by atoms with van der Waals surface area (Å²) in [5.74, 6) is -0.380. The first-order valence-corrected chi connectivity index (χ1v) is 5.16. The molecule has 0 saturated carbocycles. The van der Waals surface area contributed by atoms with E-state index in [0.717, 1.165) is 17.8 Å². The lowest BCUT2D eigenvalue weighted by Gasteiger charge is -2.23. The highest BCUT2D eigenvalue weighted by molar-refractivity contribution is 5.52. The Morgan fingerprint density at radius 2 is 2.19 bits per heavy atom. The van der Waals surface area contributed by atoms with Crippen LogP contribution in [-0.4, -0.2) is 13.1 Å². The Hall–Kier alpha value is -1.82. The normalized spacial score (nSPS) is 9.62. The third-order valence-electron chi connectivity index (χ3n) is 2.22. The van der Waals surface area contributed by atoms with Gasteiger partial charge >= 0.3 is 0 Å². The zero-order valence-electron chi connectivity index (χ0n) is 9.63. The minimum atomic E-state index is -0.380. The van der Waals surface area contributed by atoms with Crippen molar-refractivity contribution in [3.05, 3.63) is 41.7 Å². The van der Waals surface area contributed by atoms with E-state index in [-0.39, 0.29) is 5.82 Å². The number of hydrogen-bond donors (Lipinski definition) is 0. The van der Waals surface area contributed by atoms with E-state index in [4.69, 9.17) is 5.26 Å². The Morgan fingerprint density at radius 1 is 1.50 bits per heavy atom. The van der Waals surface area contributed by atoms with Gasteiger partial charge in [0.1, 0.15) is 5.82 Å². The number of benzene rings is 1. The highest BCUT2D eigenvalue weighted by atomic mass is 19.1. The van der Waals surface area contributed by atoms with E-state index in [2.05, 4.69) is 6.58 Å². The summed E-state index contributed by atoms with van der Waals surface area (Å²) >= 11 is 0. The molecule has 0 bridgehead atoms. The molecule has 0 radical (unpaired) electrons. The first-order chi connectivity index (χ1) is 7.56. The van der Waals surface area contributed by atoms with Gasteiger partial charge in [-0.15, -0.1) is 0 Å². The molecule has 2 nitrogen and oxygen atoms in total. The first kappa shape index (κ1) is 12.3. The summed E-state index contributed by atoms with van der Waals surface area (Å²) in [4.78, 5) is 1.98. The minimum Gasteiger partial charge on any atom is -0.368 e. The van der Waals surface area contributed by atoms with Gasteiger partial charge in [0.25, 0.3) is 0 Å². The molecule has 0 unspecified atom stereocenters. The Labute approximate surface area is 95.6 Å². The number of halogens is 1. The first-order valence-electron chi connectivity index (χ1n) is 5.16. The lowest BCUT2D eigenvalue weighted by Crippen LogP contribution is -2.24. The van der Waals surface area contributed by atoms with Crippen LogP contribution in [0.4, 0.5) is 10.1 Å². The predicted octanol–water partition coefficient (Wildman–Crippen LogP) is 3.10. The van der Waals surface area contributed by atoms with E-state index in [0.29, 0.717) is 12.1 Å². The minimum absolute atomic E-state index is 0.343. The summed E-state index contributed by atoms with van der Waals surface area (Å²) in [5.41, 5.74) is 2.07. The largest absolute Gasteiger partial charge is 0.368 e. The molecule has 1 rings (SSSR count). The Kier molecular flexibility index (Phi) is 4.07. The fraction of sp³-hybridized carbons (Fsp3) is 0.308. The van der Waals surface area contributed by atoms with Crippen LogP contribution in [0.25, 0.3) is 0 Å². The van der Waals surface area contributed by atoms with Crippen LogP contribution in [-0.2, 0) is 0 Å². The molecule has 0 spiro atoms. The van der Waals surface area contributed by atoms with Gasteiger partial charge in [-0.3, -0.25) is 0 Å². The third kappa shape index (κ3) is 3.09. The molecular formula is C13H15FN2. The van der Waals surface area contributed by atoms with Crippen LogP contribution in [0, 0.1) is 17.1 Å². The molecule has 0 aliphatic heterocycles. The standard InChI is InChI=1S/C13H15FN2/c1-4-16(9-10(2)3)13-6-11(8-15)5-12(14)7-13/h5-7H,2,4,9H2,1,3H3. The molecule has 0 aliphatic rings. The van der Waals surface area contributed by atoms with Crippen LogP contribution in [0.5, 0.6) is 0 Å². The summed E-state index contributed by atoms with van der Waals surface area (Å²) in [6.45, 7) is 9.17. The smallest absolute Gasteiger partial charge is 0.126 e. The molecule has 1 aromatic carbocycles. The van der Waals surface area contributed by atoms with Crippen molar-refractivity contribution in [2.24, 2.45) is 0 Å². The van der Waals surface area contributed by atoms with E-state index in [1.807, 2.05) is 24.8 Å². The maximum Gasteiger partial charge on any atom is 0.126 e. The Balaban J connectivity index is 3.05. The van der Waals surface area contributed by atoms with Crippen molar-refractivity contribution in [2.45, 2.75) is 13.8 Å². The van der Waals surface area contributed by atoms with Crippen LogP contribution in [0.1, 0.15) is 19.4 Å². The van der Waals surface area contributed by atoms with Crippen LogP contribution < -0.4 is 4.90 Å². The van der Waals surface area contributed by atoms with Gasteiger partial charge in [-0.1, -0.05) is 12.2 Å². The monoisotopic (exact) mass is 218 g/mol. The van der Waals surface area contributed by atoms with Gasteiger partial charge < -0.3 is 4.90 Å². The summed E-state index contributed by atoms with van der Waals surface area (Å²) < 4.78 is 13.2. The van der Waals surface area contributed by atoms with E-state index in [9.17, 15) is 4.39 Å². The maximum atomic E-state index is 13.2. The second-order valence-corrected chi connectivity index (χ2v) is 3.78. The zero-order valence-corrected chi connectivity index (χ0v) is 9.63. The van der Waals surface area contributed by atoms with Gasteiger partial charge in [-0.2, -0.15) is 5.26 Å².